The minimum absolute atomic E-state index is 0.0216. The predicted molar refractivity (Wildman–Crippen MR) is 147 cm³/mol. The molecule has 1 saturated heterocycles. The van der Waals surface area contributed by atoms with Gasteiger partial charge >= 0.3 is 6.09 Å². The number of aromatic amines is 1. The van der Waals surface area contributed by atoms with Crippen LogP contribution < -0.4 is 9.64 Å². The van der Waals surface area contributed by atoms with E-state index < -0.39 is 5.60 Å². The van der Waals surface area contributed by atoms with Crippen LogP contribution in [0.3, 0.4) is 0 Å². The van der Waals surface area contributed by atoms with E-state index in [0.29, 0.717) is 24.8 Å². The van der Waals surface area contributed by atoms with Gasteiger partial charge in [0.05, 0.1) is 30.3 Å². The highest BCUT2D eigenvalue weighted by Gasteiger charge is 2.26. The summed E-state index contributed by atoms with van der Waals surface area (Å²) >= 11 is 0. The molecular weight excluding hydrogens is 482 g/mol. The van der Waals surface area contributed by atoms with Gasteiger partial charge in [0.15, 0.2) is 0 Å². The van der Waals surface area contributed by atoms with E-state index in [9.17, 15) is 9.90 Å². The minimum atomic E-state index is -0.501. The molecule has 0 bridgehead atoms. The molecule has 2 aromatic heterocycles. The zero-order chi connectivity index (χ0) is 26.9. The number of hydrogen-bond acceptors (Lipinski definition) is 7. The molecule has 4 aromatic rings. The SMILES string of the molecule is COc1ncc(-c2cccc(CO)c2)cc1-c1nc2ccc(N3CCN(C(=O)OC(C)(C)C)CC3)cc2[nH]1. The van der Waals surface area contributed by atoms with Gasteiger partial charge in [-0.25, -0.2) is 14.8 Å². The molecular formula is C29H33N5O4. The largest absolute Gasteiger partial charge is 0.480 e. The molecule has 0 saturated carbocycles. The average molecular weight is 516 g/mol. The van der Waals surface area contributed by atoms with Crippen molar-refractivity contribution in [2.75, 3.05) is 38.2 Å². The highest BCUT2D eigenvalue weighted by Crippen LogP contribution is 2.33. The molecule has 198 valence electrons. The van der Waals surface area contributed by atoms with Crippen LogP contribution in [0.5, 0.6) is 5.88 Å². The van der Waals surface area contributed by atoms with Gasteiger partial charge in [-0.3, -0.25) is 0 Å². The summed E-state index contributed by atoms with van der Waals surface area (Å²) in [7, 11) is 1.59. The lowest BCUT2D eigenvalue weighted by Crippen LogP contribution is -2.50. The smallest absolute Gasteiger partial charge is 0.410 e. The molecule has 1 fully saturated rings. The number of rotatable bonds is 5. The Morgan fingerprint density at radius 2 is 1.84 bits per heavy atom. The molecule has 0 atom stereocenters. The third-order valence-electron chi connectivity index (χ3n) is 6.50. The number of carbonyl (C=O) groups excluding carboxylic acids is 1. The van der Waals surface area contributed by atoms with Crippen molar-refractivity contribution in [2.45, 2.75) is 33.0 Å². The topological polar surface area (TPSA) is 104 Å². The molecule has 0 aliphatic carbocycles. The van der Waals surface area contributed by atoms with Crippen molar-refractivity contribution >= 4 is 22.8 Å². The number of pyridine rings is 1. The lowest BCUT2D eigenvalue weighted by Gasteiger charge is -2.36. The summed E-state index contributed by atoms with van der Waals surface area (Å²) in [5.74, 6) is 1.14. The van der Waals surface area contributed by atoms with Crippen LogP contribution in [0.4, 0.5) is 10.5 Å². The molecule has 1 aliphatic rings. The first-order valence-electron chi connectivity index (χ1n) is 12.7. The summed E-state index contributed by atoms with van der Waals surface area (Å²) < 4.78 is 11.1. The summed E-state index contributed by atoms with van der Waals surface area (Å²) in [6, 6.07) is 15.9. The second-order valence-corrected chi connectivity index (χ2v) is 10.4. The van der Waals surface area contributed by atoms with Gasteiger partial charge in [0.25, 0.3) is 0 Å². The summed E-state index contributed by atoms with van der Waals surface area (Å²) in [6.45, 7) is 8.27. The highest BCUT2D eigenvalue weighted by atomic mass is 16.6. The molecule has 5 rings (SSSR count). The minimum Gasteiger partial charge on any atom is -0.480 e. The Morgan fingerprint density at radius 1 is 1.05 bits per heavy atom. The zero-order valence-corrected chi connectivity index (χ0v) is 22.2. The van der Waals surface area contributed by atoms with Gasteiger partial charge in [-0.1, -0.05) is 18.2 Å². The number of nitrogens with one attached hydrogen (secondary N) is 1. The molecule has 9 nitrogen and oxygen atoms in total. The number of ether oxygens (including phenoxy) is 2. The van der Waals surface area contributed by atoms with Crippen LogP contribution >= 0.6 is 0 Å². The van der Waals surface area contributed by atoms with Crippen molar-refractivity contribution in [3.05, 3.63) is 60.3 Å². The van der Waals surface area contributed by atoms with E-state index in [0.717, 1.165) is 52.1 Å². The van der Waals surface area contributed by atoms with Crippen LogP contribution in [0.25, 0.3) is 33.5 Å². The standard InChI is InChI=1S/C29H33N5O4/c1-29(2,3)38-28(36)34-12-10-33(11-13-34)22-8-9-24-25(16-22)32-26(31-24)23-15-21(17-30-27(23)37-4)20-7-5-6-19(14-20)18-35/h5-9,14-17,35H,10-13,18H2,1-4H3,(H,31,32). The first kappa shape index (κ1) is 25.5. The van der Waals surface area contributed by atoms with Crippen molar-refractivity contribution in [3.63, 3.8) is 0 Å². The number of piperazine rings is 1. The van der Waals surface area contributed by atoms with Gasteiger partial charge in [-0.05, 0) is 62.2 Å². The van der Waals surface area contributed by atoms with Crippen molar-refractivity contribution in [1.82, 2.24) is 19.9 Å². The molecule has 0 unspecified atom stereocenters. The van der Waals surface area contributed by atoms with Gasteiger partial charge in [0.1, 0.15) is 11.4 Å². The molecule has 3 heterocycles. The van der Waals surface area contributed by atoms with Crippen LogP contribution in [-0.2, 0) is 11.3 Å². The van der Waals surface area contributed by atoms with E-state index in [1.807, 2.05) is 57.2 Å². The number of anilines is 1. The van der Waals surface area contributed by atoms with E-state index >= 15 is 0 Å². The average Bonchev–Trinajstić information content (AvgIpc) is 3.35. The number of methoxy groups -OCH3 is 1. The number of H-pyrrole nitrogens is 1. The number of hydrogen-bond donors (Lipinski definition) is 2. The number of carbonyl (C=O) groups is 1. The number of nitrogens with zero attached hydrogens (tertiary/aromatic N) is 4. The Kier molecular flexibility index (Phi) is 6.94. The predicted octanol–water partition coefficient (Wildman–Crippen LogP) is 4.85. The first-order chi connectivity index (χ1) is 18.2. The van der Waals surface area contributed by atoms with Crippen LogP contribution in [0.2, 0.25) is 0 Å². The molecule has 2 aromatic carbocycles. The lowest BCUT2D eigenvalue weighted by atomic mass is 10.0. The second kappa shape index (κ2) is 10.3. The third kappa shape index (κ3) is 5.43. The van der Waals surface area contributed by atoms with Gasteiger partial charge in [0, 0.05) is 43.6 Å². The molecule has 2 N–H and O–H groups in total. The fourth-order valence-electron chi connectivity index (χ4n) is 4.59. The number of aliphatic hydroxyl groups excluding tert-OH is 1. The van der Waals surface area contributed by atoms with Crippen molar-refractivity contribution in [3.8, 4) is 28.4 Å². The second-order valence-electron chi connectivity index (χ2n) is 10.4. The fraction of sp³-hybridized carbons (Fsp3) is 0.345. The normalized spacial score (nSPS) is 14.1. The first-order valence-corrected chi connectivity index (χ1v) is 12.7. The van der Waals surface area contributed by atoms with Crippen molar-refractivity contribution in [2.24, 2.45) is 0 Å². The highest BCUT2D eigenvalue weighted by molar-refractivity contribution is 5.84. The number of aliphatic hydroxyl groups is 1. The number of benzene rings is 2. The Hall–Kier alpha value is -4.11. The Morgan fingerprint density at radius 3 is 2.55 bits per heavy atom. The van der Waals surface area contributed by atoms with Gasteiger partial charge < -0.3 is 29.4 Å². The maximum Gasteiger partial charge on any atom is 0.410 e. The number of aromatic nitrogens is 3. The summed E-state index contributed by atoms with van der Waals surface area (Å²) in [5, 5.41) is 9.52. The quantitative estimate of drug-likeness (QED) is 0.392. The van der Waals surface area contributed by atoms with E-state index in [1.54, 1.807) is 18.2 Å². The van der Waals surface area contributed by atoms with Gasteiger partial charge in [-0.15, -0.1) is 0 Å². The molecule has 9 heteroatoms. The van der Waals surface area contributed by atoms with Crippen LogP contribution in [0.1, 0.15) is 26.3 Å². The molecule has 0 spiro atoms. The number of imidazole rings is 1. The van der Waals surface area contributed by atoms with E-state index in [1.165, 1.54) is 0 Å². The lowest BCUT2D eigenvalue weighted by molar-refractivity contribution is 0.0240. The zero-order valence-electron chi connectivity index (χ0n) is 22.2. The summed E-state index contributed by atoms with van der Waals surface area (Å²) in [5.41, 5.74) is 5.76. The summed E-state index contributed by atoms with van der Waals surface area (Å²) in [4.78, 5) is 29.2. The Balaban J connectivity index is 1.38. The van der Waals surface area contributed by atoms with Crippen LogP contribution in [0.15, 0.2) is 54.7 Å². The van der Waals surface area contributed by atoms with Gasteiger partial charge in [-0.2, -0.15) is 0 Å². The Bertz CT molecular complexity index is 1450. The van der Waals surface area contributed by atoms with Crippen molar-refractivity contribution < 1.29 is 19.4 Å². The van der Waals surface area contributed by atoms with Gasteiger partial charge in [0.2, 0.25) is 5.88 Å². The van der Waals surface area contributed by atoms with Crippen molar-refractivity contribution in [1.29, 1.82) is 0 Å². The molecule has 38 heavy (non-hydrogen) atoms. The van der Waals surface area contributed by atoms with E-state index in [2.05, 4.69) is 27.0 Å². The van der Waals surface area contributed by atoms with E-state index in [-0.39, 0.29) is 12.7 Å². The Labute approximate surface area is 222 Å². The van der Waals surface area contributed by atoms with Crippen LogP contribution in [0, 0.1) is 0 Å². The van der Waals surface area contributed by atoms with E-state index in [4.69, 9.17) is 14.5 Å². The monoisotopic (exact) mass is 515 g/mol. The third-order valence-corrected chi connectivity index (χ3v) is 6.50. The summed E-state index contributed by atoms with van der Waals surface area (Å²) in [6.07, 6.45) is 1.50. The maximum atomic E-state index is 12.4. The number of amides is 1. The number of fused-ring (bicyclic) bond motifs is 1. The van der Waals surface area contributed by atoms with Crippen LogP contribution in [-0.4, -0.2) is 69.9 Å². The molecule has 1 aliphatic heterocycles. The maximum absolute atomic E-state index is 12.4. The fourth-order valence-corrected chi connectivity index (χ4v) is 4.59. The molecule has 0 radical (unpaired) electrons. The molecule has 1 amide bonds.